The molecule has 0 radical (unpaired) electrons. The van der Waals surface area contributed by atoms with Crippen molar-refractivity contribution in [2.75, 3.05) is 0 Å². The number of rotatable bonds is 16. The predicted octanol–water partition coefficient (Wildman–Crippen LogP) is 10.2. The number of hydrogen-bond acceptors (Lipinski definition) is 6. The maximum absolute atomic E-state index is 13.6. The molecule has 0 saturated heterocycles. The summed E-state index contributed by atoms with van der Waals surface area (Å²) >= 11 is 0. The first-order chi connectivity index (χ1) is 25.6. The fourth-order valence-corrected chi connectivity index (χ4v) is 8.11. The maximum Gasteiger partial charge on any atom is 0.408 e. The van der Waals surface area contributed by atoms with Crippen LogP contribution in [0.25, 0.3) is 0 Å². The summed E-state index contributed by atoms with van der Waals surface area (Å²) in [7, 11) is -0.981. The van der Waals surface area contributed by atoms with Gasteiger partial charge in [0, 0.05) is 18.7 Å². The molecule has 1 atom stereocenters. The van der Waals surface area contributed by atoms with Crippen LogP contribution in [-0.4, -0.2) is 24.2 Å². The molecule has 0 unspecified atom stereocenters. The zero-order valence-corrected chi connectivity index (χ0v) is 30.3. The van der Waals surface area contributed by atoms with E-state index in [1.165, 1.54) is 11.1 Å². The van der Waals surface area contributed by atoms with Crippen LogP contribution in [-0.2, 0) is 46.2 Å². The van der Waals surface area contributed by atoms with Crippen molar-refractivity contribution in [2.24, 2.45) is 0 Å². The molecular weight excluding hydrogens is 669 g/mol. The molecule has 0 aromatic heterocycles. The normalized spacial score (nSPS) is 13.6. The van der Waals surface area contributed by atoms with E-state index in [0.717, 1.165) is 61.1 Å². The number of hydrogen-bond donors (Lipinski definition) is 1. The van der Waals surface area contributed by atoms with Crippen LogP contribution in [0.15, 0.2) is 140 Å². The minimum Gasteiger partial charge on any atom is -0.485 e. The summed E-state index contributed by atoms with van der Waals surface area (Å²) in [5.74, 6) is 0.736. The summed E-state index contributed by atoms with van der Waals surface area (Å²) in [5.41, 5.74) is 5.08. The number of nitrogens with one attached hydrogen (secondary N) is 1. The molecular formula is C44H46NO6P. The van der Waals surface area contributed by atoms with E-state index in [4.69, 9.17) is 18.7 Å². The molecule has 1 saturated carbocycles. The van der Waals surface area contributed by atoms with Crippen molar-refractivity contribution in [2.45, 2.75) is 76.2 Å². The molecule has 7 nitrogen and oxygen atoms in total. The van der Waals surface area contributed by atoms with Gasteiger partial charge in [-0.2, -0.15) is 0 Å². The molecule has 6 rings (SSSR count). The van der Waals surface area contributed by atoms with Gasteiger partial charge in [-0.25, -0.2) is 9.59 Å². The fraction of sp³-hybridized carbons (Fsp3) is 0.273. The molecule has 5 aromatic carbocycles. The Morgan fingerprint density at radius 3 is 1.73 bits per heavy atom. The number of alkyl carbamates (subject to hydrolysis) is 1. The molecule has 0 spiro atoms. The second-order valence-electron chi connectivity index (χ2n) is 13.1. The summed E-state index contributed by atoms with van der Waals surface area (Å²) in [6.45, 7) is 0.433. The third kappa shape index (κ3) is 11.7. The van der Waals surface area contributed by atoms with E-state index in [2.05, 4.69) is 53.8 Å². The molecule has 1 aliphatic carbocycles. The van der Waals surface area contributed by atoms with Gasteiger partial charge in [-0.3, -0.25) is 0 Å². The quantitative estimate of drug-likeness (QED) is 0.0809. The Kier molecular flexibility index (Phi) is 13.7. The molecule has 8 heteroatoms. The minimum absolute atomic E-state index is 0.0928. The van der Waals surface area contributed by atoms with Gasteiger partial charge in [0.2, 0.25) is 0 Å². The van der Waals surface area contributed by atoms with E-state index in [0.29, 0.717) is 18.1 Å². The Morgan fingerprint density at radius 1 is 0.615 bits per heavy atom. The van der Waals surface area contributed by atoms with Crippen LogP contribution in [0.1, 0.15) is 59.9 Å². The highest BCUT2D eigenvalue weighted by Crippen LogP contribution is 2.48. The van der Waals surface area contributed by atoms with Crippen molar-refractivity contribution in [3.05, 3.63) is 167 Å². The highest BCUT2D eigenvalue weighted by atomic mass is 31.1. The van der Waals surface area contributed by atoms with Crippen LogP contribution in [0.2, 0.25) is 0 Å². The first-order valence-electron chi connectivity index (χ1n) is 18.1. The topological polar surface area (TPSA) is 83.1 Å². The summed E-state index contributed by atoms with van der Waals surface area (Å²) in [5, 5.41) is 2.80. The lowest BCUT2D eigenvalue weighted by molar-refractivity contribution is -0.153. The second-order valence-corrected chi connectivity index (χ2v) is 14.9. The van der Waals surface area contributed by atoms with Crippen molar-refractivity contribution in [3.63, 3.8) is 0 Å². The van der Waals surface area contributed by atoms with E-state index >= 15 is 0 Å². The number of carbonyl (C=O) groups is 2. The van der Waals surface area contributed by atoms with Crippen LogP contribution in [0, 0.1) is 0 Å². The van der Waals surface area contributed by atoms with Crippen molar-refractivity contribution >= 4 is 20.2 Å². The molecule has 1 amide bonds. The Hall–Kier alpha value is -5.13. The number of benzene rings is 5. The van der Waals surface area contributed by atoms with Crippen molar-refractivity contribution in [3.8, 4) is 11.5 Å². The zero-order chi connectivity index (χ0) is 35.8. The van der Waals surface area contributed by atoms with Crippen molar-refractivity contribution in [1.82, 2.24) is 5.32 Å². The summed E-state index contributed by atoms with van der Waals surface area (Å²) in [6.07, 6.45) is 5.75. The first-order valence-corrected chi connectivity index (χ1v) is 19.7. The average molecular weight is 716 g/mol. The van der Waals surface area contributed by atoms with E-state index in [-0.39, 0.29) is 19.1 Å². The van der Waals surface area contributed by atoms with Gasteiger partial charge in [0.05, 0.1) is 8.15 Å². The Morgan fingerprint density at radius 2 is 1.15 bits per heavy atom. The van der Waals surface area contributed by atoms with Crippen LogP contribution >= 0.6 is 8.15 Å². The molecule has 0 heterocycles. The van der Waals surface area contributed by atoms with Crippen LogP contribution in [0.5, 0.6) is 11.5 Å². The molecule has 1 fully saturated rings. The van der Waals surface area contributed by atoms with Crippen molar-refractivity contribution < 1.29 is 28.3 Å². The lowest BCUT2D eigenvalue weighted by Crippen LogP contribution is -2.44. The standard InChI is InChI=1S/C44H46NO6P/c46-43(50-39-24-14-5-15-25-39)40(45-44(47)49-31-35-18-8-2-9-19-35)28-38-26-27-41(42(29-38)48-30-34-16-6-1-7-17-34)51-52(32-36-20-10-3-11-21-36)33-37-22-12-4-13-23-37/h1-4,6-13,16-23,26-27,29,39-40H,5,14-15,24-25,28,30-33H2,(H,45,47)/t40-/m0/s1. The van der Waals surface area contributed by atoms with Crippen LogP contribution < -0.4 is 14.6 Å². The molecule has 0 bridgehead atoms. The summed E-state index contributed by atoms with van der Waals surface area (Å²) in [6, 6.07) is 45.0. The molecule has 1 N–H and O–H groups in total. The fourth-order valence-electron chi connectivity index (χ4n) is 6.20. The number of ether oxygens (including phenoxy) is 3. The number of carbonyl (C=O) groups excluding carboxylic acids is 2. The number of esters is 1. The lowest BCUT2D eigenvalue weighted by Gasteiger charge is -2.25. The smallest absolute Gasteiger partial charge is 0.408 e. The highest BCUT2D eigenvalue weighted by molar-refractivity contribution is 7.51. The molecule has 0 aliphatic heterocycles. The Bertz CT molecular complexity index is 1780. The van der Waals surface area contributed by atoms with E-state index in [1.54, 1.807) is 0 Å². The molecule has 268 valence electrons. The summed E-state index contributed by atoms with van der Waals surface area (Å²) < 4.78 is 24.8. The third-order valence-corrected chi connectivity index (χ3v) is 10.8. The Labute approximate surface area is 308 Å². The van der Waals surface area contributed by atoms with Gasteiger partial charge in [-0.1, -0.05) is 134 Å². The van der Waals surface area contributed by atoms with Crippen molar-refractivity contribution in [1.29, 1.82) is 0 Å². The zero-order valence-electron chi connectivity index (χ0n) is 29.4. The van der Waals surface area contributed by atoms with Gasteiger partial charge in [-0.05, 0) is 65.6 Å². The third-order valence-electron chi connectivity index (χ3n) is 8.94. The van der Waals surface area contributed by atoms with Gasteiger partial charge in [-0.15, -0.1) is 0 Å². The van der Waals surface area contributed by atoms with Crippen LogP contribution in [0.3, 0.4) is 0 Å². The average Bonchev–Trinajstić information content (AvgIpc) is 3.19. The first kappa shape index (κ1) is 36.7. The van der Waals surface area contributed by atoms with Gasteiger partial charge < -0.3 is 24.1 Å². The number of amides is 1. The largest absolute Gasteiger partial charge is 0.485 e. The van der Waals surface area contributed by atoms with Gasteiger partial charge >= 0.3 is 12.1 Å². The minimum atomic E-state index is -0.981. The van der Waals surface area contributed by atoms with Crippen LogP contribution in [0.4, 0.5) is 4.79 Å². The highest BCUT2D eigenvalue weighted by Gasteiger charge is 2.28. The second kappa shape index (κ2) is 19.5. The van der Waals surface area contributed by atoms with Gasteiger partial charge in [0.1, 0.15) is 25.4 Å². The Balaban J connectivity index is 1.24. The van der Waals surface area contributed by atoms with E-state index in [9.17, 15) is 9.59 Å². The van der Waals surface area contributed by atoms with Gasteiger partial charge in [0.15, 0.2) is 11.5 Å². The monoisotopic (exact) mass is 715 g/mol. The van der Waals surface area contributed by atoms with E-state index < -0.39 is 26.3 Å². The maximum atomic E-state index is 13.6. The SMILES string of the molecule is O=C(N[C@@H](Cc1ccc(OP(Cc2ccccc2)Cc2ccccc2)c(OCc2ccccc2)c1)C(=O)OC1CCCCC1)OCc1ccccc1. The molecule has 5 aromatic rings. The molecule has 1 aliphatic rings. The molecule has 52 heavy (non-hydrogen) atoms. The van der Waals surface area contributed by atoms with E-state index in [1.807, 2.05) is 91.0 Å². The summed E-state index contributed by atoms with van der Waals surface area (Å²) in [4.78, 5) is 26.7. The predicted molar refractivity (Wildman–Crippen MR) is 205 cm³/mol. The lowest BCUT2D eigenvalue weighted by atomic mass is 9.97. The van der Waals surface area contributed by atoms with Gasteiger partial charge in [0.25, 0.3) is 0 Å².